The van der Waals surface area contributed by atoms with Crippen LogP contribution in [0.4, 0.5) is 0 Å². The van der Waals surface area contributed by atoms with Crippen LogP contribution in [0.5, 0.6) is 0 Å². The number of para-hydroxylation sites is 3. The van der Waals surface area contributed by atoms with Crippen LogP contribution in [0.25, 0.3) is 130 Å². The SMILES string of the molecule is c1ccc(-c2ccc3c(c2)c2cccc(-c4cccc5c6cc(-c7ccccc7)ccc6n(-c6ccc7sc8ccccc8c7c6)c45)c2n3-c2ccc3oc4ccccc4c3c2)cc1. The lowest BCUT2D eigenvalue weighted by Gasteiger charge is -2.15. The van der Waals surface area contributed by atoms with Crippen molar-refractivity contribution in [3.05, 3.63) is 218 Å². The Labute approximate surface area is 371 Å². The van der Waals surface area contributed by atoms with Gasteiger partial charge in [-0.05, 0) is 95.1 Å². The molecule has 0 atom stereocenters. The van der Waals surface area contributed by atoms with E-state index >= 15 is 0 Å². The third kappa shape index (κ3) is 5.21. The van der Waals surface area contributed by atoms with E-state index in [9.17, 15) is 0 Å². The van der Waals surface area contributed by atoms with Gasteiger partial charge in [-0.3, -0.25) is 0 Å². The Kier molecular flexibility index (Phi) is 7.56. The zero-order valence-corrected chi connectivity index (χ0v) is 35.3. The minimum Gasteiger partial charge on any atom is -0.456 e. The summed E-state index contributed by atoms with van der Waals surface area (Å²) in [6.45, 7) is 0. The van der Waals surface area contributed by atoms with Gasteiger partial charge in [0.05, 0.1) is 22.1 Å². The van der Waals surface area contributed by atoms with Gasteiger partial charge in [0.25, 0.3) is 0 Å². The molecule has 0 saturated heterocycles. The molecule has 4 heterocycles. The molecule has 14 rings (SSSR count). The third-order valence-corrected chi connectivity index (χ3v) is 14.5. The molecule has 10 aromatic carbocycles. The first kappa shape index (κ1) is 35.4. The molecule has 0 fully saturated rings. The van der Waals surface area contributed by atoms with Crippen LogP contribution in [-0.2, 0) is 0 Å². The number of benzene rings is 10. The monoisotopic (exact) mass is 832 g/mol. The van der Waals surface area contributed by atoms with E-state index in [4.69, 9.17) is 4.42 Å². The molecule has 0 aliphatic rings. The van der Waals surface area contributed by atoms with Crippen LogP contribution in [0.15, 0.2) is 223 Å². The second-order valence-electron chi connectivity index (χ2n) is 16.8. The van der Waals surface area contributed by atoms with Crippen molar-refractivity contribution in [1.29, 1.82) is 0 Å². The van der Waals surface area contributed by atoms with Crippen LogP contribution in [0, 0.1) is 0 Å². The average Bonchev–Trinajstić information content (AvgIpc) is 4.11. The second-order valence-corrected chi connectivity index (χ2v) is 17.9. The molecule has 64 heavy (non-hydrogen) atoms. The minimum atomic E-state index is 0.886. The molecular formula is C60H36N2OS. The van der Waals surface area contributed by atoms with Gasteiger partial charge in [0.1, 0.15) is 11.2 Å². The third-order valence-electron chi connectivity index (χ3n) is 13.3. The van der Waals surface area contributed by atoms with Crippen molar-refractivity contribution in [1.82, 2.24) is 9.13 Å². The van der Waals surface area contributed by atoms with E-state index in [-0.39, 0.29) is 0 Å². The fourth-order valence-electron chi connectivity index (χ4n) is 10.4. The Hall–Kier alpha value is -8.18. The van der Waals surface area contributed by atoms with Gasteiger partial charge in [-0.25, -0.2) is 0 Å². The first-order chi connectivity index (χ1) is 31.7. The Morgan fingerprint density at radius 1 is 0.297 bits per heavy atom. The van der Waals surface area contributed by atoms with Crippen LogP contribution in [0.2, 0.25) is 0 Å². The van der Waals surface area contributed by atoms with Gasteiger partial charge in [0, 0.05) is 75.0 Å². The maximum atomic E-state index is 6.36. The molecule has 4 heteroatoms. The van der Waals surface area contributed by atoms with Crippen molar-refractivity contribution in [2.24, 2.45) is 0 Å². The van der Waals surface area contributed by atoms with E-state index < -0.39 is 0 Å². The maximum Gasteiger partial charge on any atom is 0.135 e. The molecule has 4 aromatic heterocycles. The topological polar surface area (TPSA) is 23.0 Å². The quantitative estimate of drug-likeness (QED) is 0.169. The summed E-state index contributed by atoms with van der Waals surface area (Å²) in [6.07, 6.45) is 0. The highest BCUT2D eigenvalue weighted by molar-refractivity contribution is 7.25. The summed E-state index contributed by atoms with van der Waals surface area (Å²) in [5.41, 5.74) is 15.9. The summed E-state index contributed by atoms with van der Waals surface area (Å²) in [6, 6.07) is 80.0. The van der Waals surface area contributed by atoms with Gasteiger partial charge in [0.2, 0.25) is 0 Å². The number of hydrogen-bond acceptors (Lipinski definition) is 2. The van der Waals surface area contributed by atoms with E-state index in [1.165, 1.54) is 91.6 Å². The standard InChI is InChI=1S/C60H36N2OS/c1-3-13-37(14-4-1)39-25-29-53-49(33-39)47-21-11-19-45(59(47)61(53)41-27-31-56-51(35-41)43-17-7-9-23-55(43)63-56)46-20-12-22-48-50-34-40(38-15-5-2-6-16-38)26-30-54(50)62(60(46)48)42-28-32-58-52(36-42)44-18-8-10-24-57(44)64-58/h1-36H. The number of thiophene rings is 1. The van der Waals surface area contributed by atoms with Crippen molar-refractivity contribution in [3.63, 3.8) is 0 Å². The molecule has 0 aliphatic heterocycles. The van der Waals surface area contributed by atoms with Crippen LogP contribution in [0.3, 0.4) is 0 Å². The summed E-state index contributed by atoms with van der Waals surface area (Å²) >= 11 is 1.86. The van der Waals surface area contributed by atoms with Crippen LogP contribution < -0.4 is 0 Å². The number of nitrogens with zero attached hydrogens (tertiary/aromatic N) is 2. The molecule has 14 aromatic rings. The van der Waals surface area contributed by atoms with Crippen molar-refractivity contribution in [2.75, 3.05) is 0 Å². The van der Waals surface area contributed by atoms with Crippen molar-refractivity contribution >= 4 is 97.1 Å². The predicted octanol–water partition coefficient (Wildman–Crippen LogP) is 17.1. The Morgan fingerprint density at radius 3 is 1.44 bits per heavy atom. The highest BCUT2D eigenvalue weighted by Gasteiger charge is 2.23. The summed E-state index contributed by atoms with van der Waals surface area (Å²) in [5, 5.41) is 9.67. The lowest BCUT2D eigenvalue weighted by molar-refractivity contribution is 0.669. The molecule has 0 unspecified atom stereocenters. The molecule has 0 bridgehead atoms. The number of aromatic nitrogens is 2. The van der Waals surface area contributed by atoms with E-state index in [1.54, 1.807) is 0 Å². The van der Waals surface area contributed by atoms with E-state index in [2.05, 4.69) is 221 Å². The summed E-state index contributed by atoms with van der Waals surface area (Å²) in [4.78, 5) is 0. The first-order valence-corrected chi connectivity index (χ1v) is 22.6. The molecule has 0 spiro atoms. The Balaban J connectivity index is 1.10. The van der Waals surface area contributed by atoms with Gasteiger partial charge in [-0.15, -0.1) is 11.3 Å². The van der Waals surface area contributed by atoms with E-state index in [1.807, 2.05) is 17.4 Å². The Bertz CT molecular complexity index is 3910. The van der Waals surface area contributed by atoms with E-state index in [0.29, 0.717) is 0 Å². The van der Waals surface area contributed by atoms with Gasteiger partial charge < -0.3 is 13.6 Å². The van der Waals surface area contributed by atoms with Gasteiger partial charge in [0.15, 0.2) is 0 Å². The first-order valence-electron chi connectivity index (χ1n) is 21.8. The molecule has 3 nitrogen and oxygen atoms in total. The normalized spacial score (nSPS) is 12.1. The van der Waals surface area contributed by atoms with Crippen LogP contribution in [-0.4, -0.2) is 9.13 Å². The fraction of sp³-hybridized carbons (Fsp3) is 0. The maximum absolute atomic E-state index is 6.36. The fourth-order valence-corrected chi connectivity index (χ4v) is 11.5. The lowest BCUT2D eigenvalue weighted by Crippen LogP contribution is -1.98. The summed E-state index contributed by atoms with van der Waals surface area (Å²) < 4.78 is 14.0. The van der Waals surface area contributed by atoms with E-state index in [0.717, 1.165) is 38.8 Å². The molecule has 0 aliphatic carbocycles. The van der Waals surface area contributed by atoms with Crippen molar-refractivity contribution in [3.8, 4) is 44.8 Å². The molecular weight excluding hydrogens is 797 g/mol. The Morgan fingerprint density at radius 2 is 0.797 bits per heavy atom. The molecule has 0 radical (unpaired) electrons. The highest BCUT2D eigenvalue weighted by Crippen LogP contribution is 2.46. The summed E-state index contributed by atoms with van der Waals surface area (Å²) in [7, 11) is 0. The zero-order chi connectivity index (χ0) is 41.9. The van der Waals surface area contributed by atoms with Gasteiger partial charge in [-0.2, -0.15) is 0 Å². The zero-order valence-electron chi connectivity index (χ0n) is 34.5. The number of hydrogen-bond donors (Lipinski definition) is 0. The second kappa shape index (κ2) is 13.7. The number of fused-ring (bicyclic) bond motifs is 12. The largest absolute Gasteiger partial charge is 0.456 e. The van der Waals surface area contributed by atoms with Crippen LogP contribution in [0.1, 0.15) is 0 Å². The summed E-state index contributed by atoms with van der Waals surface area (Å²) in [5.74, 6) is 0. The molecule has 0 saturated carbocycles. The molecule has 298 valence electrons. The predicted molar refractivity (Wildman–Crippen MR) is 272 cm³/mol. The lowest BCUT2D eigenvalue weighted by atomic mass is 9.97. The molecule has 0 amide bonds. The number of rotatable bonds is 5. The van der Waals surface area contributed by atoms with Gasteiger partial charge in [-0.1, -0.05) is 146 Å². The smallest absolute Gasteiger partial charge is 0.135 e. The van der Waals surface area contributed by atoms with Crippen molar-refractivity contribution < 1.29 is 4.42 Å². The van der Waals surface area contributed by atoms with Gasteiger partial charge >= 0.3 is 0 Å². The molecule has 0 N–H and O–H groups in total. The van der Waals surface area contributed by atoms with Crippen molar-refractivity contribution in [2.45, 2.75) is 0 Å². The average molecular weight is 833 g/mol. The minimum absolute atomic E-state index is 0.886. The highest BCUT2D eigenvalue weighted by atomic mass is 32.1. The number of furan rings is 1. The van der Waals surface area contributed by atoms with Crippen LogP contribution >= 0.6 is 11.3 Å².